The smallest absolute Gasteiger partial charge is 0.166 e. The van der Waals surface area contributed by atoms with Gasteiger partial charge in [-0.05, 0) is 23.3 Å². The maximum Gasteiger partial charge on any atom is 0.166 e. The van der Waals surface area contributed by atoms with Crippen molar-refractivity contribution in [2.24, 2.45) is 0 Å². The molecule has 0 aromatic heterocycles. The maximum absolute atomic E-state index is 5.41. The number of quaternary nitrogens is 1. The third-order valence-electron chi connectivity index (χ3n) is 4.43. The Morgan fingerprint density at radius 1 is 0.840 bits per heavy atom. The molecular weight excluding hydrogens is 330 g/mol. The van der Waals surface area contributed by atoms with E-state index in [9.17, 15) is 0 Å². The lowest BCUT2D eigenvalue weighted by Gasteiger charge is -2.23. The van der Waals surface area contributed by atoms with Gasteiger partial charge in [0.1, 0.15) is 19.6 Å². The third kappa shape index (κ3) is 6.12. The van der Waals surface area contributed by atoms with Crippen LogP contribution < -0.4 is 15.5 Å². The van der Waals surface area contributed by atoms with Crippen LogP contribution in [0.4, 0.5) is 0 Å². The normalized spacial score (nSPS) is 14.9. The molecule has 2 aromatic rings. The van der Waals surface area contributed by atoms with Crippen LogP contribution in [0.5, 0.6) is 0 Å². The van der Waals surface area contributed by atoms with Crippen LogP contribution in [0, 0.1) is 0 Å². The molecule has 0 radical (unpaired) electrons. The van der Waals surface area contributed by atoms with E-state index in [1.807, 2.05) is 18.2 Å². The van der Waals surface area contributed by atoms with E-state index >= 15 is 0 Å². The van der Waals surface area contributed by atoms with Crippen molar-refractivity contribution in [1.82, 2.24) is 10.6 Å². The summed E-state index contributed by atoms with van der Waals surface area (Å²) in [5.41, 5.74) is 3.84. The van der Waals surface area contributed by atoms with Crippen LogP contribution in [0.2, 0.25) is 0 Å². The lowest BCUT2D eigenvalue weighted by atomic mass is 10.1. The van der Waals surface area contributed by atoms with E-state index in [0.29, 0.717) is 5.11 Å². The highest BCUT2D eigenvalue weighted by atomic mass is 32.1. The number of rotatable bonds is 6. The van der Waals surface area contributed by atoms with Crippen molar-refractivity contribution >= 4 is 17.3 Å². The van der Waals surface area contributed by atoms with Crippen molar-refractivity contribution in [3.05, 3.63) is 71.3 Å². The Hall–Kier alpha value is -1.95. The van der Waals surface area contributed by atoms with Crippen LogP contribution in [0.3, 0.4) is 0 Å². The molecule has 1 aliphatic heterocycles. The molecule has 3 rings (SSSR count). The molecule has 0 unspecified atom stereocenters. The minimum atomic E-state index is 0.686. The molecule has 1 heterocycles. The van der Waals surface area contributed by atoms with Gasteiger partial charge in [-0.15, -0.1) is 0 Å². The first-order valence-electron chi connectivity index (χ1n) is 8.84. The molecule has 2 aromatic carbocycles. The molecule has 3 N–H and O–H groups in total. The van der Waals surface area contributed by atoms with E-state index in [0.717, 1.165) is 45.9 Å². The van der Waals surface area contributed by atoms with E-state index in [2.05, 4.69) is 47.0 Å². The summed E-state index contributed by atoms with van der Waals surface area (Å²) in [5.74, 6) is 0. The highest BCUT2D eigenvalue weighted by Gasteiger charge is 2.13. The molecule has 5 heteroatoms. The summed E-state index contributed by atoms with van der Waals surface area (Å²) in [6, 6.07) is 19.1. The van der Waals surface area contributed by atoms with Gasteiger partial charge in [0, 0.05) is 18.7 Å². The van der Waals surface area contributed by atoms with Gasteiger partial charge in [-0.25, -0.2) is 0 Å². The summed E-state index contributed by atoms with van der Waals surface area (Å²) in [7, 11) is 0. The predicted molar refractivity (Wildman–Crippen MR) is 104 cm³/mol. The predicted octanol–water partition coefficient (Wildman–Crippen LogP) is 1.27. The zero-order valence-corrected chi connectivity index (χ0v) is 15.3. The highest BCUT2D eigenvalue weighted by molar-refractivity contribution is 7.80. The van der Waals surface area contributed by atoms with Crippen molar-refractivity contribution in [3.63, 3.8) is 0 Å². The molecule has 0 aliphatic carbocycles. The Morgan fingerprint density at radius 3 is 2.04 bits per heavy atom. The van der Waals surface area contributed by atoms with Crippen LogP contribution in [0.1, 0.15) is 16.7 Å². The van der Waals surface area contributed by atoms with E-state index in [1.165, 1.54) is 16.7 Å². The highest BCUT2D eigenvalue weighted by Crippen LogP contribution is 2.04. The Balaban J connectivity index is 1.39. The summed E-state index contributed by atoms with van der Waals surface area (Å²) in [6.45, 7) is 6.53. The van der Waals surface area contributed by atoms with E-state index in [1.54, 1.807) is 4.90 Å². The van der Waals surface area contributed by atoms with Gasteiger partial charge in [-0.1, -0.05) is 54.6 Å². The van der Waals surface area contributed by atoms with Gasteiger partial charge in [0.2, 0.25) is 0 Å². The molecule has 1 saturated heterocycles. The molecule has 0 saturated carbocycles. The number of thiocarbonyl (C=S) groups is 1. The SMILES string of the molecule is S=C(NCc1ccccc1)NCc1ccc(C[NH+]2CCOCC2)cc1. The summed E-state index contributed by atoms with van der Waals surface area (Å²) in [6.07, 6.45) is 0. The molecule has 132 valence electrons. The van der Waals surface area contributed by atoms with Crippen LogP contribution in [0.15, 0.2) is 54.6 Å². The van der Waals surface area contributed by atoms with Gasteiger partial charge in [-0.2, -0.15) is 0 Å². The van der Waals surface area contributed by atoms with Crippen LogP contribution in [-0.4, -0.2) is 31.4 Å². The molecule has 1 aliphatic rings. The molecule has 1 fully saturated rings. The van der Waals surface area contributed by atoms with E-state index in [-0.39, 0.29) is 0 Å². The van der Waals surface area contributed by atoms with Crippen molar-refractivity contribution in [3.8, 4) is 0 Å². The fourth-order valence-corrected chi connectivity index (χ4v) is 3.07. The van der Waals surface area contributed by atoms with Gasteiger partial charge in [-0.3, -0.25) is 0 Å². The second-order valence-corrected chi connectivity index (χ2v) is 6.79. The Labute approximate surface area is 155 Å². The fourth-order valence-electron chi connectivity index (χ4n) is 2.92. The number of ether oxygens (including phenoxy) is 1. The van der Waals surface area contributed by atoms with Crippen molar-refractivity contribution in [1.29, 1.82) is 0 Å². The molecule has 0 bridgehead atoms. The molecule has 0 spiro atoms. The Kier molecular flexibility index (Phi) is 6.79. The Bertz CT molecular complexity index is 654. The fraction of sp³-hybridized carbons (Fsp3) is 0.350. The lowest BCUT2D eigenvalue weighted by Crippen LogP contribution is -3.12. The average molecular weight is 357 g/mol. The van der Waals surface area contributed by atoms with E-state index in [4.69, 9.17) is 17.0 Å². The maximum atomic E-state index is 5.41. The van der Waals surface area contributed by atoms with Gasteiger partial charge in [0.25, 0.3) is 0 Å². The zero-order valence-electron chi connectivity index (χ0n) is 14.5. The summed E-state index contributed by atoms with van der Waals surface area (Å²) >= 11 is 5.35. The van der Waals surface area contributed by atoms with Gasteiger partial charge < -0.3 is 20.3 Å². The molecule has 0 atom stereocenters. The second-order valence-electron chi connectivity index (χ2n) is 6.38. The van der Waals surface area contributed by atoms with Gasteiger partial charge >= 0.3 is 0 Å². The second kappa shape index (κ2) is 9.51. The zero-order chi connectivity index (χ0) is 17.3. The van der Waals surface area contributed by atoms with Crippen molar-refractivity contribution in [2.75, 3.05) is 26.3 Å². The Morgan fingerprint density at radius 2 is 1.40 bits per heavy atom. The number of morpholine rings is 1. The number of nitrogens with one attached hydrogen (secondary N) is 3. The first kappa shape index (κ1) is 17.9. The van der Waals surface area contributed by atoms with Gasteiger partial charge in [0.15, 0.2) is 5.11 Å². The van der Waals surface area contributed by atoms with Crippen molar-refractivity contribution in [2.45, 2.75) is 19.6 Å². The van der Waals surface area contributed by atoms with E-state index < -0.39 is 0 Å². The standard InChI is InChI=1S/C20H25N3OS/c25-20(21-14-17-4-2-1-3-5-17)22-15-18-6-8-19(9-7-18)16-23-10-12-24-13-11-23/h1-9H,10-16H2,(H2,21,22,25)/p+1. The largest absolute Gasteiger partial charge is 0.370 e. The quantitative estimate of drug-likeness (QED) is 0.682. The summed E-state index contributed by atoms with van der Waals surface area (Å²) < 4.78 is 5.41. The third-order valence-corrected chi connectivity index (χ3v) is 4.71. The topological polar surface area (TPSA) is 37.7 Å². The average Bonchev–Trinajstić information content (AvgIpc) is 2.67. The molecule has 25 heavy (non-hydrogen) atoms. The first-order valence-corrected chi connectivity index (χ1v) is 9.25. The summed E-state index contributed by atoms with van der Waals surface area (Å²) in [4.78, 5) is 1.60. The minimum Gasteiger partial charge on any atom is -0.370 e. The lowest BCUT2D eigenvalue weighted by molar-refractivity contribution is -0.921. The monoisotopic (exact) mass is 356 g/mol. The van der Waals surface area contributed by atoms with Crippen LogP contribution in [0.25, 0.3) is 0 Å². The van der Waals surface area contributed by atoms with Crippen LogP contribution >= 0.6 is 12.2 Å². The number of benzene rings is 2. The molecule has 0 amide bonds. The summed E-state index contributed by atoms with van der Waals surface area (Å²) in [5, 5.41) is 7.19. The molecular formula is C20H26N3OS+. The van der Waals surface area contributed by atoms with Gasteiger partial charge in [0.05, 0.1) is 13.2 Å². The first-order chi connectivity index (χ1) is 12.3. The minimum absolute atomic E-state index is 0.686. The van der Waals surface area contributed by atoms with Crippen LogP contribution in [-0.2, 0) is 24.4 Å². The van der Waals surface area contributed by atoms with Crippen molar-refractivity contribution < 1.29 is 9.64 Å². The number of hydrogen-bond acceptors (Lipinski definition) is 2. The number of hydrogen-bond donors (Lipinski definition) is 3. The molecule has 4 nitrogen and oxygen atoms in total.